The van der Waals surface area contributed by atoms with Crippen LogP contribution < -0.4 is 10.2 Å². The highest BCUT2D eigenvalue weighted by Gasteiger charge is 2.28. The Kier molecular flexibility index (Phi) is 3.46. The average Bonchev–Trinajstić information content (AvgIpc) is 3.05. The Morgan fingerprint density at radius 3 is 3.00 bits per heavy atom. The zero-order valence-corrected chi connectivity index (χ0v) is 12.0. The van der Waals surface area contributed by atoms with Gasteiger partial charge in [-0.05, 0) is 30.0 Å². The molecule has 104 valence electrons. The summed E-state index contributed by atoms with van der Waals surface area (Å²) in [6, 6.07) is 9.87. The van der Waals surface area contributed by atoms with Gasteiger partial charge in [-0.2, -0.15) is 0 Å². The Bertz CT molecular complexity index is 625. The van der Waals surface area contributed by atoms with E-state index in [9.17, 15) is 9.90 Å². The van der Waals surface area contributed by atoms with E-state index in [4.69, 9.17) is 0 Å². The number of nitrogens with zero attached hydrogens (tertiary/aromatic N) is 1. The van der Waals surface area contributed by atoms with E-state index in [0.717, 1.165) is 18.7 Å². The van der Waals surface area contributed by atoms with E-state index in [1.807, 2.05) is 25.2 Å². The number of benzene rings is 1. The number of carbonyl (C=O) groups is 1. The fraction of sp³-hybridized carbons (Fsp3) is 0.267. The summed E-state index contributed by atoms with van der Waals surface area (Å²) in [5.74, 6) is -0.349. The minimum absolute atomic E-state index is 0.349. The second-order valence-electron chi connectivity index (χ2n) is 4.91. The van der Waals surface area contributed by atoms with Gasteiger partial charge in [0.1, 0.15) is 0 Å². The molecule has 0 bridgehead atoms. The van der Waals surface area contributed by atoms with Crippen LogP contribution in [-0.4, -0.2) is 24.6 Å². The monoisotopic (exact) mass is 288 g/mol. The van der Waals surface area contributed by atoms with Crippen LogP contribution in [0.2, 0.25) is 0 Å². The highest BCUT2D eigenvalue weighted by Crippen LogP contribution is 2.33. The molecule has 1 aliphatic rings. The molecule has 0 saturated carbocycles. The molecular formula is C15H16N2O2S. The molecule has 0 fully saturated rings. The lowest BCUT2D eigenvalue weighted by molar-refractivity contribution is -0.123. The first-order chi connectivity index (χ1) is 9.65. The molecule has 0 aliphatic carbocycles. The number of rotatable bonds is 4. The molecule has 0 radical (unpaired) electrons. The van der Waals surface area contributed by atoms with Crippen LogP contribution in [0.5, 0.6) is 0 Å². The first kappa shape index (κ1) is 13.1. The average molecular weight is 288 g/mol. The molecule has 0 saturated heterocycles. The third kappa shape index (κ3) is 2.42. The van der Waals surface area contributed by atoms with Gasteiger partial charge in [0.15, 0.2) is 6.10 Å². The smallest absolute Gasteiger partial charge is 0.257 e. The zero-order chi connectivity index (χ0) is 14.1. The van der Waals surface area contributed by atoms with Crippen LogP contribution in [0.15, 0.2) is 35.7 Å². The van der Waals surface area contributed by atoms with E-state index in [0.29, 0.717) is 11.3 Å². The van der Waals surface area contributed by atoms with Crippen LogP contribution in [-0.2, 0) is 11.2 Å². The Hall–Kier alpha value is -1.85. The van der Waals surface area contributed by atoms with Gasteiger partial charge in [0.2, 0.25) is 0 Å². The number of hydrogen-bond acceptors (Lipinski definition) is 4. The highest BCUT2D eigenvalue weighted by atomic mass is 32.1. The molecule has 2 heterocycles. The maximum atomic E-state index is 11.4. The SMILES string of the molecule is CN(CCc1cccs1)c1ccc2c(c1)NC(=O)C2O. The van der Waals surface area contributed by atoms with Crippen LogP contribution in [0.4, 0.5) is 11.4 Å². The van der Waals surface area contributed by atoms with E-state index in [1.165, 1.54) is 4.88 Å². The minimum Gasteiger partial charge on any atom is -0.378 e. The molecule has 1 aromatic heterocycles. The van der Waals surface area contributed by atoms with Gasteiger partial charge in [0, 0.05) is 35.4 Å². The lowest BCUT2D eigenvalue weighted by Crippen LogP contribution is -2.20. The topological polar surface area (TPSA) is 52.6 Å². The van der Waals surface area contributed by atoms with Gasteiger partial charge in [-0.3, -0.25) is 4.79 Å². The number of aliphatic hydroxyl groups is 1. The quantitative estimate of drug-likeness (QED) is 0.908. The second kappa shape index (κ2) is 5.26. The predicted molar refractivity (Wildman–Crippen MR) is 81.3 cm³/mol. The molecule has 20 heavy (non-hydrogen) atoms. The van der Waals surface area contributed by atoms with E-state index in [2.05, 4.69) is 27.7 Å². The van der Waals surface area contributed by atoms with Gasteiger partial charge in [-0.15, -0.1) is 11.3 Å². The van der Waals surface area contributed by atoms with Crippen molar-refractivity contribution >= 4 is 28.6 Å². The number of anilines is 2. The molecule has 2 N–H and O–H groups in total. The van der Waals surface area contributed by atoms with E-state index >= 15 is 0 Å². The molecule has 3 rings (SSSR count). The maximum Gasteiger partial charge on any atom is 0.257 e. The molecule has 1 aliphatic heterocycles. The number of likely N-dealkylation sites (N-methyl/N-ethyl adjacent to an activating group) is 1. The summed E-state index contributed by atoms with van der Waals surface area (Å²) in [7, 11) is 2.03. The number of nitrogens with one attached hydrogen (secondary N) is 1. The van der Waals surface area contributed by atoms with Crippen LogP contribution >= 0.6 is 11.3 Å². The van der Waals surface area contributed by atoms with Crippen molar-refractivity contribution in [2.75, 3.05) is 23.8 Å². The summed E-state index contributed by atoms with van der Waals surface area (Å²) < 4.78 is 0. The van der Waals surface area contributed by atoms with E-state index in [-0.39, 0.29) is 5.91 Å². The lowest BCUT2D eigenvalue weighted by Gasteiger charge is -2.19. The molecule has 4 nitrogen and oxygen atoms in total. The molecule has 1 unspecified atom stereocenters. The van der Waals surface area contributed by atoms with Crippen LogP contribution in [0, 0.1) is 0 Å². The summed E-state index contributed by atoms with van der Waals surface area (Å²) in [4.78, 5) is 14.9. The van der Waals surface area contributed by atoms with Crippen molar-refractivity contribution in [2.24, 2.45) is 0 Å². The molecule has 5 heteroatoms. The van der Waals surface area contributed by atoms with Crippen molar-refractivity contribution in [1.29, 1.82) is 0 Å². The van der Waals surface area contributed by atoms with E-state index in [1.54, 1.807) is 11.3 Å². The number of hydrogen-bond donors (Lipinski definition) is 2. The van der Waals surface area contributed by atoms with Crippen molar-refractivity contribution < 1.29 is 9.90 Å². The van der Waals surface area contributed by atoms with Crippen molar-refractivity contribution in [3.63, 3.8) is 0 Å². The van der Waals surface area contributed by atoms with Crippen LogP contribution in [0.3, 0.4) is 0 Å². The molecular weight excluding hydrogens is 272 g/mol. The Morgan fingerprint density at radius 1 is 1.40 bits per heavy atom. The van der Waals surface area contributed by atoms with Gasteiger partial charge in [0.25, 0.3) is 5.91 Å². The van der Waals surface area contributed by atoms with Crippen LogP contribution in [0.1, 0.15) is 16.5 Å². The first-order valence-corrected chi connectivity index (χ1v) is 7.39. The number of carbonyl (C=O) groups excluding carboxylic acids is 1. The Labute approximate surface area is 121 Å². The van der Waals surface area contributed by atoms with Crippen molar-refractivity contribution in [2.45, 2.75) is 12.5 Å². The number of fused-ring (bicyclic) bond motifs is 1. The number of aliphatic hydroxyl groups excluding tert-OH is 1. The largest absolute Gasteiger partial charge is 0.378 e. The number of thiophene rings is 1. The standard InChI is InChI=1S/C15H16N2O2S/c1-17(7-6-11-3-2-8-20-11)10-4-5-12-13(9-10)16-15(19)14(12)18/h2-5,8-9,14,18H,6-7H2,1H3,(H,16,19). The van der Waals surface area contributed by atoms with Gasteiger partial charge in [-0.25, -0.2) is 0 Å². The fourth-order valence-electron chi connectivity index (χ4n) is 2.33. The lowest BCUT2D eigenvalue weighted by atomic mass is 10.1. The maximum absolute atomic E-state index is 11.4. The second-order valence-corrected chi connectivity index (χ2v) is 5.95. The summed E-state index contributed by atoms with van der Waals surface area (Å²) in [5, 5.41) is 14.5. The van der Waals surface area contributed by atoms with Crippen LogP contribution in [0.25, 0.3) is 0 Å². The third-order valence-electron chi connectivity index (χ3n) is 3.55. The van der Waals surface area contributed by atoms with Gasteiger partial charge in [-0.1, -0.05) is 12.1 Å². The zero-order valence-electron chi connectivity index (χ0n) is 11.2. The minimum atomic E-state index is -1.03. The first-order valence-electron chi connectivity index (χ1n) is 6.51. The Balaban J connectivity index is 1.71. The Morgan fingerprint density at radius 2 is 2.25 bits per heavy atom. The predicted octanol–water partition coefficient (Wildman–Crippen LogP) is 2.41. The summed E-state index contributed by atoms with van der Waals surface area (Å²) >= 11 is 1.76. The van der Waals surface area contributed by atoms with Crippen molar-refractivity contribution in [3.8, 4) is 0 Å². The molecule has 1 amide bonds. The highest BCUT2D eigenvalue weighted by molar-refractivity contribution is 7.09. The van der Waals surface area contributed by atoms with Crippen molar-refractivity contribution in [1.82, 2.24) is 0 Å². The van der Waals surface area contributed by atoms with Gasteiger partial charge in [0.05, 0.1) is 0 Å². The summed E-state index contributed by atoms with van der Waals surface area (Å²) in [5.41, 5.74) is 2.41. The molecule has 2 aromatic rings. The van der Waals surface area contributed by atoms with E-state index < -0.39 is 6.10 Å². The van der Waals surface area contributed by atoms with Gasteiger partial charge >= 0.3 is 0 Å². The third-order valence-corrected chi connectivity index (χ3v) is 4.49. The normalized spacial score (nSPS) is 16.9. The molecule has 1 aromatic carbocycles. The number of amides is 1. The fourth-order valence-corrected chi connectivity index (χ4v) is 3.03. The van der Waals surface area contributed by atoms with Gasteiger partial charge < -0.3 is 15.3 Å². The summed E-state index contributed by atoms with van der Waals surface area (Å²) in [6.45, 7) is 0.912. The molecule has 1 atom stereocenters. The molecule has 0 spiro atoms. The summed E-state index contributed by atoms with van der Waals surface area (Å²) in [6.07, 6.45) is -0.0317. The van der Waals surface area contributed by atoms with Crippen molar-refractivity contribution in [3.05, 3.63) is 46.2 Å².